The van der Waals surface area contributed by atoms with Crippen LogP contribution in [0.15, 0.2) is 17.9 Å². The summed E-state index contributed by atoms with van der Waals surface area (Å²) in [6.45, 7) is 8.38. The first-order chi connectivity index (χ1) is 9.79. The van der Waals surface area contributed by atoms with Crippen molar-refractivity contribution in [3.8, 4) is 6.01 Å². The van der Waals surface area contributed by atoms with Gasteiger partial charge in [0.15, 0.2) is 0 Å². The van der Waals surface area contributed by atoms with Gasteiger partial charge in [0.05, 0.1) is 18.3 Å². The van der Waals surface area contributed by atoms with Crippen molar-refractivity contribution in [1.82, 2.24) is 9.97 Å². The van der Waals surface area contributed by atoms with Crippen LogP contribution in [0.25, 0.3) is 6.08 Å². The van der Waals surface area contributed by atoms with E-state index in [0.717, 1.165) is 11.0 Å². The molecular weight excluding hydrogens is 269 g/mol. The Hall–Kier alpha value is -1.44. The van der Waals surface area contributed by atoms with Crippen molar-refractivity contribution in [3.63, 3.8) is 0 Å². The maximum atomic E-state index is 6.00. The van der Waals surface area contributed by atoms with Gasteiger partial charge in [-0.25, -0.2) is 9.97 Å². The van der Waals surface area contributed by atoms with Crippen LogP contribution in [-0.4, -0.2) is 41.9 Å². The molecule has 1 aromatic rings. The van der Waals surface area contributed by atoms with Gasteiger partial charge in [-0.15, -0.1) is 0 Å². The Labute approximate surface area is 125 Å². The molecule has 1 aromatic heterocycles. The fourth-order valence-electron chi connectivity index (χ4n) is 1.94. The van der Waals surface area contributed by atoms with Crippen LogP contribution in [0.3, 0.4) is 0 Å². The van der Waals surface area contributed by atoms with Crippen LogP contribution in [0.2, 0.25) is 0 Å². The van der Waals surface area contributed by atoms with E-state index in [4.69, 9.17) is 19.8 Å². The van der Waals surface area contributed by atoms with Crippen LogP contribution in [0, 0.1) is 0 Å². The van der Waals surface area contributed by atoms with Crippen molar-refractivity contribution >= 4 is 13.2 Å². The third-order valence-electron chi connectivity index (χ3n) is 3.97. The SMILES string of the molecule is COc1ncc(C=C(CN)B2OC(C)(C)C(C)(C)O2)cn1. The zero-order valence-electron chi connectivity index (χ0n) is 13.2. The van der Waals surface area contributed by atoms with Crippen molar-refractivity contribution < 1.29 is 14.0 Å². The molecule has 2 N–H and O–H groups in total. The second-order valence-electron chi connectivity index (χ2n) is 6.01. The highest BCUT2D eigenvalue weighted by Crippen LogP contribution is 2.38. The Kier molecular flexibility index (Phi) is 4.36. The largest absolute Gasteiger partial charge is 0.491 e. The summed E-state index contributed by atoms with van der Waals surface area (Å²) < 4.78 is 16.9. The lowest BCUT2D eigenvalue weighted by molar-refractivity contribution is 0.00578. The Morgan fingerprint density at radius 2 is 1.76 bits per heavy atom. The Balaban J connectivity index is 2.22. The van der Waals surface area contributed by atoms with Gasteiger partial charge in [0.2, 0.25) is 0 Å². The molecule has 1 saturated heterocycles. The molecule has 1 fully saturated rings. The molecule has 21 heavy (non-hydrogen) atoms. The standard InChI is InChI=1S/C14H22BN3O3/c1-13(2)14(3,4)21-15(20-13)11(7-16)6-10-8-17-12(19-5)18-9-10/h6,8-9H,7,16H2,1-5H3. The first-order valence-electron chi connectivity index (χ1n) is 6.91. The zero-order chi connectivity index (χ0) is 15.7. The number of methoxy groups -OCH3 is 1. The van der Waals surface area contributed by atoms with E-state index in [1.165, 1.54) is 7.11 Å². The molecule has 2 rings (SSSR count). The normalized spacial score (nSPS) is 20.7. The highest BCUT2D eigenvalue weighted by molar-refractivity contribution is 6.55. The van der Waals surface area contributed by atoms with E-state index in [1.807, 2.05) is 33.8 Å². The maximum Gasteiger partial charge on any atom is 0.491 e. The number of hydrogen-bond donors (Lipinski definition) is 1. The molecule has 2 heterocycles. The average molecular weight is 291 g/mol. The highest BCUT2D eigenvalue weighted by Gasteiger charge is 2.52. The molecular formula is C14H22BN3O3. The molecule has 6 nitrogen and oxygen atoms in total. The van der Waals surface area contributed by atoms with Gasteiger partial charge in [0, 0.05) is 24.5 Å². The molecule has 0 atom stereocenters. The molecule has 0 aliphatic carbocycles. The monoisotopic (exact) mass is 291 g/mol. The molecule has 0 aromatic carbocycles. The number of aromatic nitrogens is 2. The van der Waals surface area contributed by atoms with Crippen LogP contribution in [0.1, 0.15) is 33.3 Å². The summed E-state index contributed by atoms with van der Waals surface area (Å²) >= 11 is 0. The molecule has 0 radical (unpaired) electrons. The minimum Gasteiger partial charge on any atom is -0.467 e. The predicted octanol–water partition coefficient (Wildman–Crippen LogP) is 1.46. The van der Waals surface area contributed by atoms with Crippen molar-refractivity contribution in [2.45, 2.75) is 38.9 Å². The Morgan fingerprint density at radius 3 is 2.19 bits per heavy atom. The van der Waals surface area contributed by atoms with Gasteiger partial charge in [-0.1, -0.05) is 6.08 Å². The molecule has 1 aliphatic heterocycles. The van der Waals surface area contributed by atoms with Crippen LogP contribution in [0.4, 0.5) is 0 Å². The highest BCUT2D eigenvalue weighted by atomic mass is 16.7. The zero-order valence-corrected chi connectivity index (χ0v) is 13.2. The number of ether oxygens (including phenoxy) is 1. The molecule has 0 spiro atoms. The van der Waals surface area contributed by atoms with Gasteiger partial charge >= 0.3 is 13.1 Å². The summed E-state index contributed by atoms with van der Waals surface area (Å²) in [6.07, 6.45) is 5.24. The molecule has 1 aliphatic rings. The molecule has 0 bridgehead atoms. The Bertz CT molecular complexity index is 513. The summed E-state index contributed by atoms with van der Waals surface area (Å²) in [7, 11) is 1.07. The van der Waals surface area contributed by atoms with E-state index in [2.05, 4.69) is 9.97 Å². The van der Waals surface area contributed by atoms with E-state index < -0.39 is 7.12 Å². The lowest BCUT2D eigenvalue weighted by Crippen LogP contribution is -2.41. The summed E-state index contributed by atoms with van der Waals surface area (Å²) in [5.74, 6) is 0. The van der Waals surface area contributed by atoms with Gasteiger partial charge in [-0.2, -0.15) is 0 Å². The molecule has 0 saturated carbocycles. The lowest BCUT2D eigenvalue weighted by atomic mass is 9.77. The first kappa shape index (κ1) is 15.9. The topological polar surface area (TPSA) is 79.5 Å². The first-order valence-corrected chi connectivity index (χ1v) is 6.91. The van der Waals surface area contributed by atoms with Crippen LogP contribution in [0.5, 0.6) is 6.01 Å². The average Bonchev–Trinajstić information content (AvgIpc) is 2.65. The van der Waals surface area contributed by atoms with E-state index in [9.17, 15) is 0 Å². The fourth-order valence-corrected chi connectivity index (χ4v) is 1.94. The molecule has 0 amide bonds. The third-order valence-corrected chi connectivity index (χ3v) is 3.97. The number of nitrogens with zero attached hydrogens (tertiary/aromatic N) is 2. The van der Waals surface area contributed by atoms with Crippen molar-refractivity contribution in [3.05, 3.63) is 23.4 Å². The molecule has 0 unspecified atom stereocenters. The fraction of sp³-hybridized carbons (Fsp3) is 0.571. The molecule has 7 heteroatoms. The van der Waals surface area contributed by atoms with E-state index in [0.29, 0.717) is 12.6 Å². The number of nitrogens with two attached hydrogens (primary N) is 1. The minimum absolute atomic E-state index is 0.331. The van der Waals surface area contributed by atoms with Gasteiger partial charge in [0.1, 0.15) is 0 Å². The number of hydrogen-bond acceptors (Lipinski definition) is 6. The van der Waals surface area contributed by atoms with Gasteiger partial charge < -0.3 is 19.8 Å². The predicted molar refractivity (Wildman–Crippen MR) is 81.7 cm³/mol. The van der Waals surface area contributed by atoms with Gasteiger partial charge in [-0.3, -0.25) is 0 Å². The van der Waals surface area contributed by atoms with E-state index in [-0.39, 0.29) is 11.2 Å². The quantitative estimate of drug-likeness (QED) is 0.846. The second-order valence-corrected chi connectivity index (χ2v) is 6.01. The smallest absolute Gasteiger partial charge is 0.467 e. The van der Waals surface area contributed by atoms with Crippen molar-refractivity contribution in [1.29, 1.82) is 0 Å². The molecule has 114 valence electrons. The summed E-state index contributed by atoms with van der Waals surface area (Å²) in [6, 6.07) is 0.331. The van der Waals surface area contributed by atoms with Crippen LogP contribution < -0.4 is 10.5 Å². The van der Waals surface area contributed by atoms with Crippen molar-refractivity contribution in [2.24, 2.45) is 5.73 Å². The maximum absolute atomic E-state index is 6.00. The van der Waals surface area contributed by atoms with Gasteiger partial charge in [0.25, 0.3) is 0 Å². The summed E-state index contributed by atoms with van der Waals surface area (Å²) in [4.78, 5) is 8.14. The van der Waals surface area contributed by atoms with Gasteiger partial charge in [-0.05, 0) is 33.2 Å². The van der Waals surface area contributed by atoms with Crippen LogP contribution in [-0.2, 0) is 9.31 Å². The van der Waals surface area contributed by atoms with Crippen molar-refractivity contribution in [2.75, 3.05) is 13.7 Å². The summed E-state index contributed by atoms with van der Waals surface area (Å²) in [5, 5.41) is 0. The van der Waals surface area contributed by atoms with Crippen LogP contribution >= 0.6 is 0 Å². The van der Waals surface area contributed by atoms with E-state index in [1.54, 1.807) is 12.4 Å². The third kappa shape index (κ3) is 3.25. The minimum atomic E-state index is -0.456. The van der Waals surface area contributed by atoms with E-state index >= 15 is 0 Å². The second kappa shape index (κ2) is 5.75. The lowest BCUT2D eigenvalue weighted by Gasteiger charge is -2.32. The summed E-state index contributed by atoms with van der Waals surface area (Å²) in [5.41, 5.74) is 6.74. The number of rotatable bonds is 4. The Morgan fingerprint density at radius 1 is 1.24 bits per heavy atom.